The molecule has 1 saturated heterocycles. The van der Waals surface area contributed by atoms with Gasteiger partial charge in [0.15, 0.2) is 5.03 Å². The first-order chi connectivity index (χ1) is 14.4. The number of guanidine groups is 1. The molecule has 1 fully saturated rings. The van der Waals surface area contributed by atoms with E-state index < -0.39 is 29.2 Å². The van der Waals surface area contributed by atoms with Gasteiger partial charge in [0, 0.05) is 26.1 Å². The van der Waals surface area contributed by atoms with E-state index in [4.69, 9.17) is 10.5 Å². The lowest BCUT2D eigenvalue weighted by atomic mass is 9.93. The first-order valence-corrected chi connectivity index (χ1v) is 10.1. The molecule has 0 aromatic rings. The number of nitrogens with two attached hydrogens (primary N) is 1. The molecular formula is C18H32F2N6O5. The minimum atomic E-state index is -2.37. The predicted octanol–water partition coefficient (Wildman–Crippen LogP) is 1.65. The average molecular weight is 450 g/mol. The fourth-order valence-corrected chi connectivity index (χ4v) is 3.19. The number of halogens is 2. The predicted molar refractivity (Wildman–Crippen MR) is 109 cm³/mol. The highest BCUT2D eigenvalue weighted by Gasteiger charge is 2.31. The van der Waals surface area contributed by atoms with Crippen LogP contribution < -0.4 is 16.5 Å². The third kappa shape index (κ3) is 11.3. The van der Waals surface area contributed by atoms with Crippen LogP contribution in [0, 0.1) is 16.0 Å². The molecule has 13 heteroatoms. The highest BCUT2D eigenvalue weighted by molar-refractivity contribution is 5.85. The second kappa shape index (κ2) is 12.2. The second-order valence-electron chi connectivity index (χ2n) is 8.37. The molecular weight excluding hydrogens is 418 g/mol. The van der Waals surface area contributed by atoms with Crippen LogP contribution in [-0.4, -0.2) is 65.6 Å². The molecule has 11 nitrogen and oxygen atoms in total. The van der Waals surface area contributed by atoms with Crippen LogP contribution in [0.3, 0.4) is 0 Å². The van der Waals surface area contributed by atoms with Gasteiger partial charge in [0.1, 0.15) is 11.6 Å². The molecule has 0 saturated carbocycles. The molecule has 1 aliphatic rings. The molecule has 0 bridgehead atoms. The van der Waals surface area contributed by atoms with Crippen molar-refractivity contribution in [2.24, 2.45) is 16.6 Å². The molecule has 1 atom stereocenters. The Morgan fingerprint density at radius 2 is 1.94 bits per heavy atom. The summed E-state index contributed by atoms with van der Waals surface area (Å²) in [4.78, 5) is 40.8. The minimum Gasteiger partial charge on any atom is -0.444 e. The number of carbonyl (C=O) groups excluding carboxylic acids is 2. The van der Waals surface area contributed by atoms with Gasteiger partial charge in [-0.2, -0.15) is 0 Å². The number of alkyl carbamates (subject to hydrolysis) is 1. The van der Waals surface area contributed by atoms with Crippen molar-refractivity contribution in [2.75, 3.05) is 19.6 Å². The molecule has 0 unspecified atom stereocenters. The lowest BCUT2D eigenvalue weighted by Crippen LogP contribution is -2.51. The maximum Gasteiger partial charge on any atom is 0.408 e. The third-order valence-electron chi connectivity index (χ3n) is 4.57. The number of likely N-dealkylation sites (tertiary alicyclic amines) is 1. The number of ether oxygens (including phenoxy) is 1. The number of hydrogen-bond acceptors (Lipinski definition) is 6. The largest absolute Gasteiger partial charge is 0.444 e. The molecule has 0 aromatic heterocycles. The normalized spacial score (nSPS) is 16.7. The van der Waals surface area contributed by atoms with E-state index in [1.54, 1.807) is 31.1 Å². The van der Waals surface area contributed by atoms with Crippen molar-refractivity contribution in [3.05, 3.63) is 10.1 Å². The Morgan fingerprint density at radius 3 is 2.45 bits per heavy atom. The van der Waals surface area contributed by atoms with Crippen LogP contribution in [0.2, 0.25) is 0 Å². The van der Waals surface area contributed by atoms with Crippen LogP contribution in [0.5, 0.6) is 0 Å². The van der Waals surface area contributed by atoms with Crippen molar-refractivity contribution in [2.45, 2.75) is 70.9 Å². The van der Waals surface area contributed by atoms with E-state index in [1.165, 1.54) is 0 Å². The summed E-state index contributed by atoms with van der Waals surface area (Å²) in [5, 5.41) is 12.0. The fraction of sp³-hybridized carbons (Fsp3) is 0.833. The number of rotatable bonds is 9. The number of nitrogens with zero attached hydrogens (tertiary/aromatic N) is 3. The van der Waals surface area contributed by atoms with Crippen LogP contribution in [0.25, 0.3) is 0 Å². The zero-order valence-electron chi connectivity index (χ0n) is 18.1. The lowest BCUT2D eigenvalue weighted by molar-refractivity contribution is -0.525. The number of nitro groups is 1. The number of piperidine rings is 1. The van der Waals surface area contributed by atoms with Crippen molar-refractivity contribution in [1.82, 2.24) is 15.6 Å². The molecule has 2 amide bonds. The van der Waals surface area contributed by atoms with Crippen LogP contribution in [0.15, 0.2) is 4.99 Å². The van der Waals surface area contributed by atoms with E-state index in [1.807, 2.05) is 0 Å². The number of hydrogen-bond donors (Lipinski definition) is 3. The molecule has 1 heterocycles. The van der Waals surface area contributed by atoms with Crippen molar-refractivity contribution in [3.63, 3.8) is 0 Å². The summed E-state index contributed by atoms with van der Waals surface area (Å²) in [6, 6.07) is -0.901. The van der Waals surface area contributed by atoms with Gasteiger partial charge in [0.2, 0.25) is 12.3 Å². The van der Waals surface area contributed by atoms with Gasteiger partial charge in [0.25, 0.3) is 5.96 Å². The summed E-state index contributed by atoms with van der Waals surface area (Å²) in [6.45, 7) is 5.84. The Labute approximate surface area is 179 Å². The number of aliphatic imine (C=N–C) groups is 1. The van der Waals surface area contributed by atoms with Crippen molar-refractivity contribution >= 4 is 18.0 Å². The Kier molecular flexibility index (Phi) is 10.4. The summed E-state index contributed by atoms with van der Waals surface area (Å²) < 4.78 is 30.4. The summed E-state index contributed by atoms with van der Waals surface area (Å²) in [5.74, 6) is -0.830. The van der Waals surface area contributed by atoms with Gasteiger partial charge in [0.05, 0.1) is 0 Å². The van der Waals surface area contributed by atoms with Gasteiger partial charge in [-0.1, -0.05) is 5.43 Å². The van der Waals surface area contributed by atoms with E-state index in [0.29, 0.717) is 32.4 Å². The van der Waals surface area contributed by atoms with Crippen LogP contribution in [0.4, 0.5) is 13.6 Å². The topological polar surface area (TPSA) is 152 Å². The number of alkyl halides is 2. The molecule has 1 rings (SSSR count). The van der Waals surface area contributed by atoms with E-state index in [-0.39, 0.29) is 37.2 Å². The van der Waals surface area contributed by atoms with Crippen molar-refractivity contribution < 1.29 is 28.1 Å². The Hall–Kier alpha value is -2.73. The maximum absolute atomic E-state index is 12.9. The van der Waals surface area contributed by atoms with Gasteiger partial charge >= 0.3 is 6.09 Å². The Balaban J connectivity index is 2.70. The summed E-state index contributed by atoms with van der Waals surface area (Å²) in [5.41, 5.74) is 6.31. The summed E-state index contributed by atoms with van der Waals surface area (Å²) >= 11 is 0. The maximum atomic E-state index is 12.9. The first-order valence-electron chi connectivity index (χ1n) is 10.1. The van der Waals surface area contributed by atoms with Gasteiger partial charge in [-0.05, 0) is 52.4 Å². The molecule has 4 N–H and O–H groups in total. The number of hydrazine groups is 1. The van der Waals surface area contributed by atoms with Crippen LogP contribution >= 0.6 is 0 Å². The Bertz CT molecular complexity index is 648. The molecule has 31 heavy (non-hydrogen) atoms. The van der Waals surface area contributed by atoms with E-state index in [0.717, 1.165) is 0 Å². The van der Waals surface area contributed by atoms with Gasteiger partial charge < -0.3 is 20.7 Å². The molecule has 0 radical (unpaired) electrons. The molecule has 178 valence electrons. The Morgan fingerprint density at radius 1 is 1.32 bits per heavy atom. The molecule has 0 aromatic carbocycles. The number of carbonyl (C=O) groups is 2. The van der Waals surface area contributed by atoms with E-state index in [2.05, 4.69) is 10.3 Å². The zero-order chi connectivity index (χ0) is 23.6. The second-order valence-corrected chi connectivity index (χ2v) is 8.37. The molecule has 1 aliphatic heterocycles. The van der Waals surface area contributed by atoms with E-state index in [9.17, 15) is 28.5 Å². The lowest BCUT2D eigenvalue weighted by Gasteiger charge is -2.34. The average Bonchev–Trinajstić information content (AvgIpc) is 2.61. The van der Waals surface area contributed by atoms with Crippen LogP contribution in [-0.2, 0) is 9.53 Å². The standard InChI is InChI=1S/C18H32F2N6O5/c1-18(2,3)31-17(28)23-13(5-4-8-22-16(21)24-26(29)30)15(27)25-9-6-12(7-10-25)11-14(19)20/h12-14H,4-11H2,1-3H3,(H,23,28)(H3,21,22,24)/t13-/m0/s1. The molecule has 0 aliphatic carbocycles. The van der Waals surface area contributed by atoms with E-state index >= 15 is 0 Å². The summed E-state index contributed by atoms with van der Waals surface area (Å²) in [7, 11) is 0. The fourth-order valence-electron chi connectivity index (χ4n) is 3.19. The minimum absolute atomic E-state index is 0.100. The smallest absolute Gasteiger partial charge is 0.408 e. The van der Waals surface area contributed by atoms with Gasteiger partial charge in [-0.15, -0.1) is 0 Å². The SMILES string of the molecule is CC(C)(C)OC(=O)N[C@@H](CCCN=C(N)N[N+](=O)[O-])C(=O)N1CCC(CC(F)F)CC1. The highest BCUT2D eigenvalue weighted by Crippen LogP contribution is 2.24. The summed E-state index contributed by atoms with van der Waals surface area (Å²) in [6.07, 6.45) is -1.84. The van der Waals surface area contributed by atoms with Gasteiger partial charge in [-0.25, -0.2) is 28.7 Å². The van der Waals surface area contributed by atoms with Crippen molar-refractivity contribution in [1.29, 1.82) is 0 Å². The monoisotopic (exact) mass is 450 g/mol. The van der Waals surface area contributed by atoms with Gasteiger partial charge in [-0.3, -0.25) is 4.79 Å². The highest BCUT2D eigenvalue weighted by atomic mass is 19.3. The number of amides is 2. The van der Waals surface area contributed by atoms with Crippen molar-refractivity contribution in [3.8, 4) is 0 Å². The van der Waals surface area contributed by atoms with Crippen LogP contribution in [0.1, 0.15) is 52.9 Å². The number of nitrogens with one attached hydrogen (secondary N) is 2. The zero-order valence-corrected chi connectivity index (χ0v) is 18.1. The molecule has 0 spiro atoms. The third-order valence-corrected chi connectivity index (χ3v) is 4.57. The first kappa shape index (κ1) is 26.3. The quantitative estimate of drug-likeness (QED) is 0.159.